The van der Waals surface area contributed by atoms with Gasteiger partial charge in [-0.25, -0.2) is 4.79 Å². The molecule has 0 aliphatic carbocycles. The van der Waals surface area contributed by atoms with Crippen molar-refractivity contribution in [1.29, 1.82) is 0 Å². The van der Waals surface area contributed by atoms with Crippen LogP contribution in [0.25, 0.3) is 0 Å². The highest BCUT2D eigenvalue weighted by molar-refractivity contribution is 9.10. The number of unbranched alkanes of at least 4 members (excludes halogenated alkanes) is 1. The minimum atomic E-state index is -0.442. The summed E-state index contributed by atoms with van der Waals surface area (Å²) in [4.78, 5) is 14.3. The van der Waals surface area contributed by atoms with Gasteiger partial charge in [0.25, 0.3) is 0 Å². The highest BCUT2D eigenvalue weighted by atomic mass is 79.9. The van der Waals surface area contributed by atoms with Crippen molar-refractivity contribution < 1.29 is 14.3 Å². The smallest absolute Gasteiger partial charge is 0.358 e. The molecule has 6 nitrogen and oxygen atoms in total. The summed E-state index contributed by atoms with van der Waals surface area (Å²) in [6.07, 6.45) is 1.80. The summed E-state index contributed by atoms with van der Waals surface area (Å²) in [6, 6.07) is 19.6. The van der Waals surface area contributed by atoms with Crippen molar-refractivity contribution in [3.8, 4) is 5.75 Å². The fraction of sp³-hybridized carbons (Fsp3) is 0.346. The van der Waals surface area contributed by atoms with Gasteiger partial charge in [0.05, 0.1) is 12.6 Å². The van der Waals surface area contributed by atoms with E-state index in [4.69, 9.17) is 9.47 Å². The van der Waals surface area contributed by atoms with Crippen LogP contribution in [-0.2, 0) is 11.3 Å². The average Bonchev–Trinajstić information content (AvgIpc) is 2.84. The summed E-state index contributed by atoms with van der Waals surface area (Å²) < 4.78 is 12.4. The first-order chi connectivity index (χ1) is 16.0. The highest BCUT2D eigenvalue weighted by Crippen LogP contribution is 2.34. The van der Waals surface area contributed by atoms with E-state index in [2.05, 4.69) is 50.9 Å². The summed E-state index contributed by atoms with van der Waals surface area (Å²) in [5.41, 5.74) is 2.36. The Balaban J connectivity index is 1.77. The Morgan fingerprint density at radius 3 is 2.52 bits per heavy atom. The lowest BCUT2D eigenvalue weighted by Crippen LogP contribution is -2.28. The Bertz CT molecular complexity index is 1030. The summed E-state index contributed by atoms with van der Waals surface area (Å²) >= 11 is 3.59. The molecule has 7 heteroatoms. The number of hydrogen-bond donors (Lipinski definition) is 0. The topological polar surface area (TPSA) is 64.5 Å². The van der Waals surface area contributed by atoms with E-state index in [1.165, 1.54) is 0 Å². The van der Waals surface area contributed by atoms with Crippen LogP contribution in [-0.4, -0.2) is 29.3 Å². The zero-order valence-corrected chi connectivity index (χ0v) is 20.9. The fourth-order valence-electron chi connectivity index (χ4n) is 3.49. The van der Waals surface area contributed by atoms with Crippen molar-refractivity contribution in [3.05, 3.63) is 82.0 Å². The number of halogens is 1. The maximum atomic E-state index is 12.1. The molecule has 0 saturated carbocycles. The summed E-state index contributed by atoms with van der Waals surface area (Å²) in [5.74, 6) is 1.06. The van der Waals surface area contributed by atoms with Gasteiger partial charge in [0, 0.05) is 16.6 Å². The van der Waals surface area contributed by atoms with Crippen LogP contribution < -0.4 is 9.64 Å². The SMILES string of the molecule is CCCCOC(=O)c1ccc(N(CC)C(C)c2cc(Br)ccc2OCc2ccccc2)nn1. The number of anilines is 1. The molecule has 3 rings (SSSR count). The maximum absolute atomic E-state index is 12.1. The van der Waals surface area contributed by atoms with Gasteiger partial charge in [0.2, 0.25) is 0 Å². The van der Waals surface area contributed by atoms with Crippen LogP contribution in [0.5, 0.6) is 5.75 Å². The predicted octanol–water partition coefficient (Wildman–Crippen LogP) is 6.36. The van der Waals surface area contributed by atoms with Crippen molar-refractivity contribution in [2.24, 2.45) is 0 Å². The summed E-state index contributed by atoms with van der Waals surface area (Å²) in [6.45, 7) is 7.81. The molecule has 0 amide bonds. The third-order valence-corrected chi connectivity index (χ3v) is 5.85. The number of carbonyl (C=O) groups excluding carboxylic acids is 1. The van der Waals surface area contributed by atoms with Crippen molar-refractivity contribution in [3.63, 3.8) is 0 Å². The van der Waals surface area contributed by atoms with Gasteiger partial charge < -0.3 is 14.4 Å². The third kappa shape index (κ3) is 6.78. The van der Waals surface area contributed by atoms with Gasteiger partial charge in [-0.15, -0.1) is 10.2 Å². The largest absolute Gasteiger partial charge is 0.489 e. The van der Waals surface area contributed by atoms with Crippen molar-refractivity contribution in [2.75, 3.05) is 18.1 Å². The van der Waals surface area contributed by atoms with Crippen LogP contribution in [0.3, 0.4) is 0 Å². The van der Waals surface area contributed by atoms with Crippen molar-refractivity contribution in [2.45, 2.75) is 46.3 Å². The van der Waals surface area contributed by atoms with Gasteiger partial charge in [-0.2, -0.15) is 0 Å². The van der Waals surface area contributed by atoms with Gasteiger partial charge in [0.15, 0.2) is 11.5 Å². The normalized spacial score (nSPS) is 11.6. The number of aromatic nitrogens is 2. The van der Waals surface area contributed by atoms with Crippen LogP contribution in [0.4, 0.5) is 5.82 Å². The molecule has 0 fully saturated rings. The van der Waals surface area contributed by atoms with Crippen molar-refractivity contribution in [1.82, 2.24) is 10.2 Å². The third-order valence-electron chi connectivity index (χ3n) is 5.35. The molecule has 3 aromatic rings. The zero-order valence-electron chi connectivity index (χ0n) is 19.3. The van der Waals surface area contributed by atoms with Crippen LogP contribution in [0.15, 0.2) is 65.1 Å². The minimum absolute atomic E-state index is 0.0325. The van der Waals surface area contributed by atoms with E-state index >= 15 is 0 Å². The first-order valence-corrected chi connectivity index (χ1v) is 12.1. The molecule has 0 N–H and O–H groups in total. The molecule has 0 spiro atoms. The molecule has 33 heavy (non-hydrogen) atoms. The van der Waals surface area contributed by atoms with Crippen molar-refractivity contribution >= 4 is 27.7 Å². The van der Waals surface area contributed by atoms with E-state index in [0.29, 0.717) is 25.6 Å². The molecule has 1 unspecified atom stereocenters. The number of benzene rings is 2. The number of hydrogen-bond acceptors (Lipinski definition) is 6. The second-order valence-corrected chi connectivity index (χ2v) is 8.60. The molecule has 0 aliphatic rings. The number of carbonyl (C=O) groups is 1. The molecule has 2 aromatic carbocycles. The molecule has 1 atom stereocenters. The standard InChI is InChI=1S/C26H30BrN3O3/c1-4-6-16-32-26(31)23-13-15-25(29-28-23)30(5-2)19(3)22-17-21(27)12-14-24(22)33-18-20-10-8-7-9-11-20/h7-15,17,19H,4-6,16,18H2,1-3H3. The summed E-state index contributed by atoms with van der Waals surface area (Å²) in [5, 5.41) is 8.43. The molecular weight excluding hydrogens is 482 g/mol. The monoisotopic (exact) mass is 511 g/mol. The van der Waals surface area contributed by atoms with E-state index < -0.39 is 5.97 Å². The van der Waals surface area contributed by atoms with Gasteiger partial charge in [0.1, 0.15) is 12.4 Å². The Hall–Kier alpha value is -2.93. The second kappa shape index (κ2) is 12.3. The van der Waals surface area contributed by atoms with Crippen LogP contribution in [0, 0.1) is 0 Å². The maximum Gasteiger partial charge on any atom is 0.358 e. The first-order valence-electron chi connectivity index (χ1n) is 11.3. The minimum Gasteiger partial charge on any atom is -0.489 e. The number of nitrogens with zero attached hydrogens (tertiary/aromatic N) is 3. The van der Waals surface area contributed by atoms with E-state index in [0.717, 1.165) is 34.2 Å². The second-order valence-electron chi connectivity index (χ2n) is 7.68. The average molecular weight is 512 g/mol. The van der Waals surface area contributed by atoms with E-state index in [9.17, 15) is 4.79 Å². The lowest BCUT2D eigenvalue weighted by Gasteiger charge is -2.30. The Morgan fingerprint density at radius 1 is 1.06 bits per heavy atom. The van der Waals surface area contributed by atoms with E-state index in [1.54, 1.807) is 6.07 Å². The van der Waals surface area contributed by atoms with E-state index in [-0.39, 0.29) is 11.7 Å². The van der Waals surface area contributed by atoms with E-state index in [1.807, 2.05) is 55.5 Å². The van der Waals surface area contributed by atoms with Crippen LogP contribution in [0.1, 0.15) is 61.3 Å². The fourth-order valence-corrected chi connectivity index (χ4v) is 3.86. The molecule has 1 heterocycles. The van der Waals surface area contributed by atoms with Gasteiger partial charge >= 0.3 is 5.97 Å². The Kier molecular flexibility index (Phi) is 9.24. The summed E-state index contributed by atoms with van der Waals surface area (Å²) in [7, 11) is 0. The van der Waals surface area contributed by atoms with Gasteiger partial charge in [-0.3, -0.25) is 0 Å². The molecule has 1 aromatic heterocycles. The first kappa shape index (κ1) is 24.7. The molecule has 174 valence electrons. The van der Waals surface area contributed by atoms with Crippen LogP contribution >= 0.6 is 15.9 Å². The highest BCUT2D eigenvalue weighted by Gasteiger charge is 2.21. The molecular formula is C26H30BrN3O3. The number of esters is 1. The van der Waals surface area contributed by atoms with Gasteiger partial charge in [-0.1, -0.05) is 59.6 Å². The Morgan fingerprint density at radius 2 is 1.85 bits per heavy atom. The lowest BCUT2D eigenvalue weighted by molar-refractivity contribution is 0.0491. The van der Waals surface area contributed by atoms with Gasteiger partial charge in [-0.05, 0) is 56.2 Å². The molecule has 0 saturated heterocycles. The quantitative estimate of drug-likeness (QED) is 0.220. The van der Waals surface area contributed by atoms with Crippen LogP contribution in [0.2, 0.25) is 0 Å². The lowest BCUT2D eigenvalue weighted by atomic mass is 10.1. The zero-order chi connectivity index (χ0) is 23.6. The number of rotatable bonds is 11. The molecule has 0 radical (unpaired) electrons. The molecule has 0 aliphatic heterocycles. The predicted molar refractivity (Wildman–Crippen MR) is 134 cm³/mol. The molecule has 0 bridgehead atoms. The Labute approximate surface area is 204 Å². The number of ether oxygens (including phenoxy) is 2.